The Morgan fingerprint density at radius 3 is 3.00 bits per heavy atom. The summed E-state index contributed by atoms with van der Waals surface area (Å²) in [4.78, 5) is 14.2. The maximum atomic E-state index is 11.8. The molecule has 0 bridgehead atoms. The molecule has 1 atom stereocenters. The van der Waals surface area contributed by atoms with Gasteiger partial charge in [-0.1, -0.05) is 26.0 Å². The summed E-state index contributed by atoms with van der Waals surface area (Å²) in [6.07, 6.45) is 2.25. The molecule has 1 aromatic carbocycles. The summed E-state index contributed by atoms with van der Waals surface area (Å²) in [6.45, 7) is 8.33. The fourth-order valence-electron chi connectivity index (χ4n) is 2.60. The average molecular weight is 275 g/mol. The van der Waals surface area contributed by atoms with Gasteiger partial charge in [-0.25, -0.2) is 4.79 Å². The molecule has 2 N–H and O–H groups in total. The zero-order chi connectivity index (χ0) is 14.4. The van der Waals surface area contributed by atoms with E-state index in [4.69, 9.17) is 0 Å². The van der Waals surface area contributed by atoms with Gasteiger partial charge in [0.1, 0.15) is 0 Å². The quantitative estimate of drug-likeness (QED) is 0.868. The average Bonchev–Trinajstić information content (AvgIpc) is 2.84. The van der Waals surface area contributed by atoms with E-state index in [0.717, 1.165) is 37.7 Å². The summed E-state index contributed by atoms with van der Waals surface area (Å²) in [5.74, 6) is 0.792. The number of urea groups is 1. The van der Waals surface area contributed by atoms with E-state index in [1.165, 1.54) is 12.0 Å². The smallest absolute Gasteiger partial charge is 0.319 e. The molecule has 1 aliphatic heterocycles. The molecule has 2 amide bonds. The van der Waals surface area contributed by atoms with E-state index in [2.05, 4.69) is 35.4 Å². The molecule has 1 fully saturated rings. The van der Waals surface area contributed by atoms with Crippen molar-refractivity contribution < 1.29 is 4.79 Å². The molecule has 1 aliphatic rings. The van der Waals surface area contributed by atoms with Crippen LogP contribution in [0.2, 0.25) is 0 Å². The van der Waals surface area contributed by atoms with Crippen LogP contribution in [0.4, 0.5) is 10.5 Å². The number of rotatable bonds is 5. The number of benzene rings is 1. The largest absolute Gasteiger partial charge is 0.337 e. The van der Waals surface area contributed by atoms with Crippen molar-refractivity contribution in [3.05, 3.63) is 29.8 Å². The maximum absolute atomic E-state index is 11.8. The SMILES string of the molecule is CCc1cccc(NC(=O)NCCN2CCC(C)C2)c1. The van der Waals surface area contributed by atoms with E-state index in [1.807, 2.05) is 18.2 Å². The number of hydrogen-bond acceptors (Lipinski definition) is 2. The molecule has 0 saturated carbocycles. The molecule has 1 aromatic rings. The molecule has 2 rings (SSSR count). The van der Waals surface area contributed by atoms with E-state index in [0.29, 0.717) is 6.54 Å². The molecule has 0 radical (unpaired) electrons. The van der Waals surface area contributed by atoms with E-state index in [9.17, 15) is 4.79 Å². The monoisotopic (exact) mass is 275 g/mol. The van der Waals surface area contributed by atoms with Crippen molar-refractivity contribution in [3.63, 3.8) is 0 Å². The van der Waals surface area contributed by atoms with Crippen molar-refractivity contribution in [2.45, 2.75) is 26.7 Å². The summed E-state index contributed by atoms with van der Waals surface area (Å²) >= 11 is 0. The Bertz CT molecular complexity index is 447. The highest BCUT2D eigenvalue weighted by Gasteiger charge is 2.17. The molecule has 4 nitrogen and oxygen atoms in total. The number of likely N-dealkylation sites (tertiary alicyclic amines) is 1. The number of carbonyl (C=O) groups is 1. The number of anilines is 1. The molecule has 4 heteroatoms. The second-order valence-electron chi connectivity index (χ2n) is 5.63. The van der Waals surface area contributed by atoms with Gasteiger partial charge in [-0.3, -0.25) is 0 Å². The predicted octanol–water partition coefficient (Wildman–Crippen LogP) is 2.71. The van der Waals surface area contributed by atoms with Gasteiger partial charge >= 0.3 is 6.03 Å². The zero-order valence-corrected chi connectivity index (χ0v) is 12.5. The van der Waals surface area contributed by atoms with Gasteiger partial charge in [0.25, 0.3) is 0 Å². The third-order valence-electron chi connectivity index (χ3n) is 3.81. The Kier molecular flexibility index (Phi) is 5.41. The number of hydrogen-bond donors (Lipinski definition) is 2. The fourth-order valence-corrected chi connectivity index (χ4v) is 2.60. The van der Waals surface area contributed by atoms with Crippen LogP contribution >= 0.6 is 0 Å². The summed E-state index contributed by atoms with van der Waals surface area (Å²) in [5, 5.41) is 5.80. The van der Waals surface area contributed by atoms with Crippen molar-refractivity contribution in [1.29, 1.82) is 0 Å². The van der Waals surface area contributed by atoms with Crippen LogP contribution in [0.25, 0.3) is 0 Å². The maximum Gasteiger partial charge on any atom is 0.319 e. The molecule has 1 unspecified atom stereocenters. The van der Waals surface area contributed by atoms with Crippen LogP contribution in [-0.4, -0.2) is 37.1 Å². The first-order chi connectivity index (χ1) is 9.67. The predicted molar refractivity (Wildman–Crippen MR) is 83.1 cm³/mol. The van der Waals surface area contributed by atoms with Crippen molar-refractivity contribution in [2.24, 2.45) is 5.92 Å². The van der Waals surface area contributed by atoms with E-state index in [1.54, 1.807) is 0 Å². The molecular weight excluding hydrogens is 250 g/mol. The van der Waals surface area contributed by atoms with Crippen LogP contribution in [0, 0.1) is 5.92 Å². The fraction of sp³-hybridized carbons (Fsp3) is 0.562. The van der Waals surface area contributed by atoms with Crippen molar-refractivity contribution in [2.75, 3.05) is 31.5 Å². The second kappa shape index (κ2) is 7.29. The van der Waals surface area contributed by atoms with Crippen LogP contribution in [0.3, 0.4) is 0 Å². The molecular formula is C16H25N3O. The Labute approximate surface area is 121 Å². The van der Waals surface area contributed by atoms with Gasteiger partial charge in [0, 0.05) is 25.3 Å². The van der Waals surface area contributed by atoms with Crippen molar-refractivity contribution in [1.82, 2.24) is 10.2 Å². The van der Waals surface area contributed by atoms with Crippen LogP contribution in [0.1, 0.15) is 25.8 Å². The van der Waals surface area contributed by atoms with Gasteiger partial charge in [0.2, 0.25) is 0 Å². The van der Waals surface area contributed by atoms with E-state index in [-0.39, 0.29) is 6.03 Å². The van der Waals surface area contributed by atoms with Crippen molar-refractivity contribution in [3.8, 4) is 0 Å². The summed E-state index contributed by atoms with van der Waals surface area (Å²) in [7, 11) is 0. The number of carbonyl (C=O) groups excluding carboxylic acids is 1. The number of nitrogens with one attached hydrogen (secondary N) is 2. The zero-order valence-electron chi connectivity index (χ0n) is 12.5. The molecule has 110 valence electrons. The topological polar surface area (TPSA) is 44.4 Å². The van der Waals surface area contributed by atoms with Gasteiger partial charge < -0.3 is 15.5 Å². The van der Waals surface area contributed by atoms with Crippen LogP contribution in [0.15, 0.2) is 24.3 Å². The highest BCUT2D eigenvalue weighted by molar-refractivity contribution is 5.89. The third-order valence-corrected chi connectivity index (χ3v) is 3.81. The lowest BCUT2D eigenvalue weighted by Gasteiger charge is -2.15. The van der Waals surface area contributed by atoms with E-state index >= 15 is 0 Å². The normalized spacial score (nSPS) is 19.0. The minimum Gasteiger partial charge on any atom is -0.337 e. The lowest BCUT2D eigenvalue weighted by Crippen LogP contribution is -2.36. The molecule has 1 heterocycles. The lowest BCUT2D eigenvalue weighted by molar-refractivity contribution is 0.249. The van der Waals surface area contributed by atoms with Gasteiger partial charge in [0.05, 0.1) is 0 Å². The van der Waals surface area contributed by atoms with Crippen molar-refractivity contribution >= 4 is 11.7 Å². The summed E-state index contributed by atoms with van der Waals surface area (Å²) in [6, 6.07) is 7.85. The molecule has 0 aromatic heterocycles. The highest BCUT2D eigenvalue weighted by Crippen LogP contribution is 2.14. The first-order valence-electron chi connectivity index (χ1n) is 7.53. The highest BCUT2D eigenvalue weighted by atomic mass is 16.2. The second-order valence-corrected chi connectivity index (χ2v) is 5.63. The Morgan fingerprint density at radius 2 is 2.30 bits per heavy atom. The molecule has 20 heavy (non-hydrogen) atoms. The van der Waals surface area contributed by atoms with Gasteiger partial charge in [-0.15, -0.1) is 0 Å². The minimum absolute atomic E-state index is 0.120. The first-order valence-corrected chi connectivity index (χ1v) is 7.53. The summed E-state index contributed by atoms with van der Waals surface area (Å²) in [5.41, 5.74) is 2.09. The Balaban J connectivity index is 1.69. The van der Waals surface area contributed by atoms with Gasteiger partial charge in [0.15, 0.2) is 0 Å². The van der Waals surface area contributed by atoms with E-state index < -0.39 is 0 Å². The first kappa shape index (κ1) is 14.9. The van der Waals surface area contributed by atoms with Crippen LogP contribution in [-0.2, 0) is 6.42 Å². The molecule has 0 spiro atoms. The lowest BCUT2D eigenvalue weighted by atomic mass is 10.1. The number of nitrogens with zero attached hydrogens (tertiary/aromatic N) is 1. The number of aryl methyl sites for hydroxylation is 1. The van der Waals surface area contributed by atoms with Crippen LogP contribution in [0.5, 0.6) is 0 Å². The van der Waals surface area contributed by atoms with Gasteiger partial charge in [-0.05, 0) is 43.0 Å². The molecule has 1 saturated heterocycles. The summed E-state index contributed by atoms with van der Waals surface area (Å²) < 4.78 is 0. The Hall–Kier alpha value is -1.55. The molecule has 0 aliphatic carbocycles. The number of amides is 2. The minimum atomic E-state index is -0.120. The standard InChI is InChI=1S/C16H25N3O/c1-3-14-5-4-6-15(11-14)18-16(20)17-8-10-19-9-7-13(2)12-19/h4-6,11,13H,3,7-10,12H2,1-2H3,(H2,17,18,20). The van der Waals surface area contributed by atoms with Gasteiger partial charge in [-0.2, -0.15) is 0 Å². The van der Waals surface area contributed by atoms with Crippen LogP contribution < -0.4 is 10.6 Å². The third kappa shape index (κ3) is 4.53. The Morgan fingerprint density at radius 1 is 1.45 bits per heavy atom.